The van der Waals surface area contributed by atoms with Gasteiger partial charge in [0, 0.05) is 11.4 Å². The fourth-order valence-corrected chi connectivity index (χ4v) is 4.21. The van der Waals surface area contributed by atoms with Gasteiger partial charge in [0.05, 0.1) is 27.2 Å². The smallest absolute Gasteiger partial charge is 0.230 e. The quantitative estimate of drug-likeness (QED) is 0.647. The maximum Gasteiger partial charge on any atom is 0.230 e. The third kappa shape index (κ3) is 4.48. The number of nitrogens with zero attached hydrogens (tertiary/aromatic N) is 2. The first-order valence-electron chi connectivity index (χ1n) is 7.97. The molecular formula is C18H21ClN4OS2. The Kier molecular flexibility index (Phi) is 6.88. The molecule has 0 radical (unpaired) electrons. The minimum absolute atomic E-state index is 0. The second-order valence-corrected chi connectivity index (χ2v) is 7.96. The van der Waals surface area contributed by atoms with Crippen LogP contribution in [0.1, 0.15) is 29.2 Å². The summed E-state index contributed by atoms with van der Waals surface area (Å²) in [4.78, 5) is 22.5. The van der Waals surface area contributed by atoms with Gasteiger partial charge in [-0.05, 0) is 19.4 Å². The van der Waals surface area contributed by atoms with Crippen LogP contribution in [0, 0.1) is 19.8 Å². The summed E-state index contributed by atoms with van der Waals surface area (Å²) in [5.41, 5.74) is 8.99. The van der Waals surface area contributed by atoms with E-state index < -0.39 is 0 Å². The number of amides is 1. The molecule has 0 aliphatic carbocycles. The van der Waals surface area contributed by atoms with E-state index in [0.717, 1.165) is 26.8 Å². The Hall–Kier alpha value is -1.80. The van der Waals surface area contributed by atoms with Crippen molar-refractivity contribution in [3.8, 4) is 10.6 Å². The number of carbonyl (C=O) groups excluding carboxylic acids is 1. The number of rotatable bonds is 5. The zero-order valence-corrected chi connectivity index (χ0v) is 17.2. The van der Waals surface area contributed by atoms with Gasteiger partial charge in [-0.2, -0.15) is 0 Å². The van der Waals surface area contributed by atoms with E-state index in [1.54, 1.807) is 11.3 Å². The van der Waals surface area contributed by atoms with Gasteiger partial charge in [-0.25, -0.2) is 9.97 Å². The molecule has 5 nitrogen and oxygen atoms in total. The molecule has 1 amide bonds. The summed E-state index contributed by atoms with van der Waals surface area (Å²) in [6.45, 7) is 5.78. The number of nitrogens with one attached hydrogen (secondary N) is 1. The van der Waals surface area contributed by atoms with Gasteiger partial charge in [0.15, 0.2) is 5.13 Å². The fourth-order valence-electron chi connectivity index (χ4n) is 2.55. The molecule has 0 saturated carbocycles. The maximum absolute atomic E-state index is 12.5. The van der Waals surface area contributed by atoms with Gasteiger partial charge in [0.25, 0.3) is 0 Å². The van der Waals surface area contributed by atoms with E-state index in [1.165, 1.54) is 11.3 Å². The van der Waals surface area contributed by atoms with Gasteiger partial charge in [-0.1, -0.05) is 37.3 Å². The minimum Gasteiger partial charge on any atom is -0.323 e. The van der Waals surface area contributed by atoms with Gasteiger partial charge in [0.1, 0.15) is 0 Å². The molecule has 26 heavy (non-hydrogen) atoms. The molecule has 0 fully saturated rings. The average Bonchev–Trinajstić information content (AvgIpc) is 3.20. The van der Waals surface area contributed by atoms with E-state index in [-0.39, 0.29) is 30.3 Å². The van der Waals surface area contributed by atoms with Crippen LogP contribution in [0.5, 0.6) is 0 Å². The first kappa shape index (κ1) is 20.5. The molecule has 0 saturated heterocycles. The number of halogens is 1. The molecule has 0 bridgehead atoms. The highest BCUT2D eigenvalue weighted by molar-refractivity contribution is 7.16. The van der Waals surface area contributed by atoms with Crippen molar-refractivity contribution >= 4 is 46.1 Å². The normalized spacial score (nSPS) is 12.9. The highest BCUT2D eigenvalue weighted by atomic mass is 35.5. The lowest BCUT2D eigenvalue weighted by atomic mass is 9.95. The first-order valence-corrected chi connectivity index (χ1v) is 9.66. The monoisotopic (exact) mass is 408 g/mol. The molecule has 138 valence electrons. The van der Waals surface area contributed by atoms with E-state index >= 15 is 0 Å². The van der Waals surface area contributed by atoms with Crippen LogP contribution in [0.4, 0.5) is 5.13 Å². The highest BCUT2D eigenvalue weighted by Gasteiger charge is 2.23. The van der Waals surface area contributed by atoms with Crippen LogP contribution in [-0.2, 0) is 4.79 Å². The van der Waals surface area contributed by atoms with Crippen LogP contribution >= 0.6 is 35.1 Å². The predicted octanol–water partition coefficient (Wildman–Crippen LogP) is 4.58. The Morgan fingerprint density at radius 1 is 1.19 bits per heavy atom. The molecule has 1 aromatic carbocycles. The number of aromatic nitrogens is 2. The molecule has 0 aliphatic rings. The lowest BCUT2D eigenvalue weighted by molar-refractivity contribution is -0.120. The third-order valence-corrected chi connectivity index (χ3v) is 5.86. The molecule has 8 heteroatoms. The van der Waals surface area contributed by atoms with Crippen molar-refractivity contribution in [2.24, 2.45) is 11.7 Å². The third-order valence-electron chi connectivity index (χ3n) is 4.01. The first-order chi connectivity index (χ1) is 12.0. The molecule has 2 heterocycles. The molecular weight excluding hydrogens is 388 g/mol. The summed E-state index contributed by atoms with van der Waals surface area (Å²) < 4.78 is 0. The van der Waals surface area contributed by atoms with E-state index in [2.05, 4.69) is 15.3 Å². The lowest BCUT2D eigenvalue weighted by Gasteiger charge is -2.19. The van der Waals surface area contributed by atoms with Crippen LogP contribution < -0.4 is 11.1 Å². The van der Waals surface area contributed by atoms with Crippen LogP contribution in [0.3, 0.4) is 0 Å². The maximum atomic E-state index is 12.5. The fraction of sp³-hybridized carbons (Fsp3) is 0.278. The molecule has 3 rings (SSSR count). The van der Waals surface area contributed by atoms with Crippen LogP contribution in [0.15, 0.2) is 35.7 Å². The van der Waals surface area contributed by atoms with Gasteiger partial charge in [-0.3, -0.25) is 4.79 Å². The number of thiazole rings is 2. The zero-order chi connectivity index (χ0) is 18.0. The number of hydrogen-bond donors (Lipinski definition) is 2. The second-order valence-electron chi connectivity index (χ2n) is 5.90. The van der Waals surface area contributed by atoms with Gasteiger partial charge < -0.3 is 11.1 Å². The summed E-state index contributed by atoms with van der Waals surface area (Å²) in [5, 5.41) is 6.41. The Balaban J connectivity index is 0.00000243. The predicted molar refractivity (Wildman–Crippen MR) is 111 cm³/mol. The standard InChI is InChI=1S/C18H20N4OS2.ClH/c1-10(15(19)13-7-5-4-6-8-13)17(23)22-18-21-14(9-24-18)16-11(2)20-12(3)25-16;/h4-10,15H,19H2,1-3H3,(H,21,22,23);1H. The van der Waals surface area contributed by atoms with Crippen molar-refractivity contribution in [1.29, 1.82) is 0 Å². The largest absolute Gasteiger partial charge is 0.323 e. The van der Waals surface area contributed by atoms with Crippen molar-refractivity contribution in [2.75, 3.05) is 5.32 Å². The summed E-state index contributed by atoms with van der Waals surface area (Å²) in [7, 11) is 0. The Bertz CT molecular complexity index is 878. The Labute approximate surface area is 167 Å². The number of anilines is 1. The van der Waals surface area contributed by atoms with Gasteiger partial charge >= 0.3 is 0 Å². The molecule has 3 N–H and O–H groups in total. The summed E-state index contributed by atoms with van der Waals surface area (Å²) in [6, 6.07) is 9.29. The lowest BCUT2D eigenvalue weighted by Crippen LogP contribution is -2.30. The van der Waals surface area contributed by atoms with E-state index in [4.69, 9.17) is 5.73 Å². The van der Waals surface area contributed by atoms with Crippen molar-refractivity contribution in [3.63, 3.8) is 0 Å². The number of carbonyl (C=O) groups is 1. The molecule has 3 aromatic rings. The molecule has 0 spiro atoms. The number of benzene rings is 1. The summed E-state index contributed by atoms with van der Waals surface area (Å²) >= 11 is 3.02. The zero-order valence-electron chi connectivity index (χ0n) is 14.7. The molecule has 2 atom stereocenters. The summed E-state index contributed by atoms with van der Waals surface area (Å²) in [5.74, 6) is -0.489. The van der Waals surface area contributed by atoms with Gasteiger partial charge in [-0.15, -0.1) is 35.1 Å². The van der Waals surface area contributed by atoms with Crippen LogP contribution in [-0.4, -0.2) is 15.9 Å². The number of hydrogen-bond acceptors (Lipinski definition) is 6. The SMILES string of the molecule is Cc1nc(C)c(-c2csc(NC(=O)C(C)C(N)c3ccccc3)n2)s1.Cl. The number of aryl methyl sites for hydroxylation is 2. The van der Waals surface area contributed by atoms with E-state index in [9.17, 15) is 4.79 Å². The Morgan fingerprint density at radius 3 is 2.50 bits per heavy atom. The second kappa shape index (κ2) is 8.73. The molecule has 0 aliphatic heterocycles. The average molecular weight is 409 g/mol. The van der Waals surface area contributed by atoms with Crippen molar-refractivity contribution in [1.82, 2.24) is 9.97 Å². The van der Waals surface area contributed by atoms with E-state index in [1.807, 2.05) is 56.5 Å². The van der Waals surface area contributed by atoms with Crippen molar-refractivity contribution < 1.29 is 4.79 Å². The van der Waals surface area contributed by atoms with Crippen molar-refractivity contribution in [3.05, 3.63) is 52.0 Å². The van der Waals surface area contributed by atoms with E-state index in [0.29, 0.717) is 5.13 Å². The topological polar surface area (TPSA) is 80.9 Å². The molecule has 2 aromatic heterocycles. The van der Waals surface area contributed by atoms with Crippen molar-refractivity contribution in [2.45, 2.75) is 26.8 Å². The van der Waals surface area contributed by atoms with Gasteiger partial charge in [0.2, 0.25) is 5.91 Å². The highest BCUT2D eigenvalue weighted by Crippen LogP contribution is 2.32. The van der Waals surface area contributed by atoms with Crippen LogP contribution in [0.2, 0.25) is 0 Å². The van der Waals surface area contributed by atoms with Crippen LogP contribution in [0.25, 0.3) is 10.6 Å². The molecule has 2 unspecified atom stereocenters. The summed E-state index contributed by atoms with van der Waals surface area (Å²) in [6.07, 6.45) is 0. The minimum atomic E-state index is -0.359. The Morgan fingerprint density at radius 2 is 1.88 bits per heavy atom. The number of nitrogens with two attached hydrogens (primary N) is 1.